The van der Waals surface area contributed by atoms with Crippen molar-refractivity contribution in [3.8, 4) is 66.8 Å². The van der Waals surface area contributed by atoms with Gasteiger partial charge in [-0.3, -0.25) is 0 Å². The average Bonchev–Trinajstić information content (AvgIpc) is 3.78. The van der Waals surface area contributed by atoms with Crippen LogP contribution in [-0.4, -0.2) is 0 Å². The van der Waals surface area contributed by atoms with Crippen molar-refractivity contribution in [2.75, 3.05) is 4.90 Å². The molecule has 2 nitrogen and oxygen atoms in total. The summed E-state index contributed by atoms with van der Waals surface area (Å²) < 4.78 is 6.20. The molecule has 0 aliphatic rings. The number of fused-ring (bicyclic) bond motifs is 4. The summed E-state index contributed by atoms with van der Waals surface area (Å²) in [5.74, 6) is 0. The van der Waals surface area contributed by atoms with Gasteiger partial charge in [0.2, 0.25) is 0 Å². The Morgan fingerprint density at radius 1 is 0.227 bits per heavy atom. The van der Waals surface area contributed by atoms with Gasteiger partial charge in [-0.2, -0.15) is 0 Å². The second-order valence-electron chi connectivity index (χ2n) is 16.9. The lowest BCUT2D eigenvalue weighted by molar-refractivity contribution is 0.669. The van der Waals surface area contributed by atoms with Crippen LogP contribution in [0.15, 0.2) is 265 Å². The number of hydrogen-bond acceptors (Lipinski definition) is 2. The molecular formula is C64H43NO. The highest BCUT2D eigenvalue weighted by Gasteiger charge is 2.17. The predicted molar refractivity (Wildman–Crippen MR) is 279 cm³/mol. The molecule has 11 aromatic carbocycles. The van der Waals surface area contributed by atoms with E-state index in [0.717, 1.165) is 55.7 Å². The van der Waals surface area contributed by atoms with Gasteiger partial charge in [0.25, 0.3) is 0 Å². The highest BCUT2D eigenvalue weighted by Crippen LogP contribution is 2.42. The van der Waals surface area contributed by atoms with Crippen molar-refractivity contribution in [2.24, 2.45) is 0 Å². The van der Waals surface area contributed by atoms with Crippen LogP contribution in [0.3, 0.4) is 0 Å². The Bertz CT molecular complexity index is 3660. The van der Waals surface area contributed by atoms with Crippen molar-refractivity contribution in [1.82, 2.24) is 0 Å². The number of anilines is 3. The van der Waals surface area contributed by atoms with E-state index in [1.54, 1.807) is 0 Å². The van der Waals surface area contributed by atoms with E-state index >= 15 is 0 Å². The van der Waals surface area contributed by atoms with Gasteiger partial charge >= 0.3 is 0 Å². The molecule has 0 aliphatic carbocycles. The molecule has 0 bridgehead atoms. The maximum atomic E-state index is 6.20. The zero-order valence-corrected chi connectivity index (χ0v) is 36.2. The molecule has 0 fully saturated rings. The second-order valence-corrected chi connectivity index (χ2v) is 16.9. The van der Waals surface area contributed by atoms with E-state index in [9.17, 15) is 0 Å². The minimum Gasteiger partial charge on any atom is -0.456 e. The fourth-order valence-corrected chi connectivity index (χ4v) is 9.55. The SMILES string of the molecule is c1ccc(-c2ccc(-c3ccccc3)c(-c3ccc(N(c4ccc(-c5ccc(-c6cccc7ccccc67)cc5)cc4)c4cccc(-c5ccc6oc7ccccc7c6c5)c4)cc3)c2)cc1. The molecule has 12 rings (SSSR count). The number of nitrogens with zero attached hydrogens (tertiary/aromatic N) is 1. The third-order valence-corrected chi connectivity index (χ3v) is 12.9. The summed E-state index contributed by atoms with van der Waals surface area (Å²) >= 11 is 0. The van der Waals surface area contributed by atoms with E-state index < -0.39 is 0 Å². The summed E-state index contributed by atoms with van der Waals surface area (Å²) in [6.45, 7) is 0. The zero-order chi connectivity index (χ0) is 43.8. The predicted octanol–water partition coefficient (Wildman–Crippen LogP) is 18.2. The van der Waals surface area contributed by atoms with E-state index in [-0.39, 0.29) is 0 Å². The van der Waals surface area contributed by atoms with E-state index in [1.165, 1.54) is 60.8 Å². The molecule has 12 aromatic rings. The lowest BCUT2D eigenvalue weighted by Crippen LogP contribution is -2.10. The van der Waals surface area contributed by atoms with Crippen LogP contribution in [0, 0.1) is 0 Å². The molecule has 0 N–H and O–H groups in total. The van der Waals surface area contributed by atoms with Gasteiger partial charge in [0.05, 0.1) is 0 Å². The van der Waals surface area contributed by atoms with Crippen LogP contribution >= 0.6 is 0 Å². The second kappa shape index (κ2) is 16.8. The number of benzene rings is 11. The van der Waals surface area contributed by atoms with Gasteiger partial charge in [-0.1, -0.05) is 200 Å². The quantitative estimate of drug-likeness (QED) is 0.144. The summed E-state index contributed by atoms with van der Waals surface area (Å²) in [6.07, 6.45) is 0. The monoisotopic (exact) mass is 841 g/mol. The third kappa shape index (κ3) is 7.31. The molecule has 66 heavy (non-hydrogen) atoms. The van der Waals surface area contributed by atoms with Gasteiger partial charge in [-0.05, 0) is 138 Å². The van der Waals surface area contributed by atoms with Crippen LogP contribution < -0.4 is 4.90 Å². The van der Waals surface area contributed by atoms with Gasteiger partial charge in [0.15, 0.2) is 0 Å². The van der Waals surface area contributed by atoms with Crippen molar-refractivity contribution < 1.29 is 4.42 Å². The first kappa shape index (κ1) is 38.9. The Morgan fingerprint density at radius 3 is 1.45 bits per heavy atom. The highest BCUT2D eigenvalue weighted by atomic mass is 16.3. The molecule has 0 radical (unpaired) electrons. The first-order chi connectivity index (χ1) is 32.7. The Morgan fingerprint density at radius 2 is 0.697 bits per heavy atom. The van der Waals surface area contributed by atoms with Crippen molar-refractivity contribution in [1.29, 1.82) is 0 Å². The van der Waals surface area contributed by atoms with Gasteiger partial charge in [0, 0.05) is 27.8 Å². The van der Waals surface area contributed by atoms with E-state index in [2.05, 4.69) is 254 Å². The summed E-state index contributed by atoms with van der Waals surface area (Å²) in [5.41, 5.74) is 19.2. The summed E-state index contributed by atoms with van der Waals surface area (Å²) in [4.78, 5) is 2.37. The Balaban J connectivity index is 0.936. The molecule has 0 saturated carbocycles. The van der Waals surface area contributed by atoms with Crippen LogP contribution in [0.1, 0.15) is 0 Å². The van der Waals surface area contributed by atoms with Gasteiger partial charge in [0.1, 0.15) is 11.2 Å². The summed E-state index contributed by atoms with van der Waals surface area (Å²) in [7, 11) is 0. The molecule has 0 atom stereocenters. The number of hydrogen-bond donors (Lipinski definition) is 0. The first-order valence-electron chi connectivity index (χ1n) is 22.6. The molecule has 0 saturated heterocycles. The van der Waals surface area contributed by atoms with Crippen LogP contribution in [0.4, 0.5) is 17.1 Å². The first-order valence-corrected chi connectivity index (χ1v) is 22.6. The van der Waals surface area contributed by atoms with Crippen molar-refractivity contribution in [3.05, 3.63) is 261 Å². The number of para-hydroxylation sites is 1. The molecule has 310 valence electrons. The standard InChI is InChI=1S/C64H43NO/c1-3-13-44(14-4-1)52-33-39-59(47-15-5-2-6-16-47)61(42-52)50-31-37-55(38-32-50)65(56-20-11-19-51(41-56)53-34-40-64-62(43-53)60-22-9-10-24-63(60)66-64)54-35-29-46(30-36-54)45-25-27-49(28-26-45)58-23-12-18-48-17-7-8-21-57(48)58/h1-43H. The van der Waals surface area contributed by atoms with Crippen molar-refractivity contribution in [2.45, 2.75) is 0 Å². The zero-order valence-electron chi connectivity index (χ0n) is 36.2. The van der Waals surface area contributed by atoms with Crippen molar-refractivity contribution in [3.63, 3.8) is 0 Å². The van der Waals surface area contributed by atoms with Gasteiger partial charge < -0.3 is 9.32 Å². The molecule has 1 heterocycles. The minimum absolute atomic E-state index is 0.894. The lowest BCUT2D eigenvalue weighted by Gasteiger charge is -2.26. The van der Waals surface area contributed by atoms with Gasteiger partial charge in [-0.25, -0.2) is 0 Å². The van der Waals surface area contributed by atoms with Crippen LogP contribution in [-0.2, 0) is 0 Å². The Labute approximate surface area is 384 Å². The molecule has 0 unspecified atom stereocenters. The Kier molecular flexibility index (Phi) is 9.89. The number of furan rings is 1. The number of rotatable bonds is 9. The molecule has 0 aliphatic heterocycles. The minimum atomic E-state index is 0.894. The topological polar surface area (TPSA) is 16.4 Å². The molecule has 0 spiro atoms. The van der Waals surface area contributed by atoms with Gasteiger partial charge in [-0.15, -0.1) is 0 Å². The van der Waals surface area contributed by atoms with E-state index in [0.29, 0.717) is 0 Å². The third-order valence-electron chi connectivity index (χ3n) is 12.9. The summed E-state index contributed by atoms with van der Waals surface area (Å²) in [5, 5.41) is 4.76. The van der Waals surface area contributed by atoms with Crippen molar-refractivity contribution >= 4 is 49.8 Å². The fourth-order valence-electron chi connectivity index (χ4n) is 9.55. The summed E-state index contributed by atoms with van der Waals surface area (Å²) in [6, 6.07) is 93.9. The lowest BCUT2D eigenvalue weighted by atomic mass is 9.91. The smallest absolute Gasteiger partial charge is 0.135 e. The molecule has 0 amide bonds. The highest BCUT2D eigenvalue weighted by molar-refractivity contribution is 6.06. The molecule has 2 heteroatoms. The largest absolute Gasteiger partial charge is 0.456 e. The van der Waals surface area contributed by atoms with Crippen LogP contribution in [0.2, 0.25) is 0 Å². The van der Waals surface area contributed by atoms with Crippen LogP contribution in [0.5, 0.6) is 0 Å². The fraction of sp³-hybridized carbons (Fsp3) is 0. The molecular weight excluding hydrogens is 799 g/mol. The maximum Gasteiger partial charge on any atom is 0.135 e. The van der Waals surface area contributed by atoms with E-state index in [1.807, 2.05) is 12.1 Å². The average molecular weight is 842 g/mol. The maximum absolute atomic E-state index is 6.20. The van der Waals surface area contributed by atoms with E-state index in [4.69, 9.17) is 4.42 Å². The normalized spacial score (nSPS) is 11.3. The molecule has 1 aromatic heterocycles. The van der Waals surface area contributed by atoms with Crippen LogP contribution in [0.25, 0.3) is 99.5 Å². The Hall–Kier alpha value is -8.72.